The molecule has 2 aromatic carbocycles. The Morgan fingerprint density at radius 3 is 2.19 bits per heavy atom. The second-order valence-corrected chi connectivity index (χ2v) is 5.30. The maximum absolute atomic E-state index is 11.4. The average molecular weight is 283 g/mol. The van der Waals surface area contributed by atoms with Crippen molar-refractivity contribution >= 4 is 5.97 Å². The third-order valence-electron chi connectivity index (χ3n) is 3.62. The number of benzene rings is 2. The molecule has 3 heteroatoms. The molecule has 0 heterocycles. The highest BCUT2D eigenvalue weighted by Crippen LogP contribution is 2.14. The molecule has 0 saturated heterocycles. The van der Waals surface area contributed by atoms with Crippen LogP contribution in [-0.4, -0.2) is 23.7 Å². The van der Waals surface area contributed by atoms with Crippen molar-refractivity contribution in [3.8, 4) is 0 Å². The lowest BCUT2D eigenvalue weighted by molar-refractivity contribution is -0.139. The number of carboxylic acid groups (broad SMARTS) is 1. The topological polar surface area (TPSA) is 49.3 Å². The van der Waals surface area contributed by atoms with E-state index in [-0.39, 0.29) is 5.92 Å². The summed E-state index contributed by atoms with van der Waals surface area (Å²) in [5, 5.41) is 12.5. The van der Waals surface area contributed by atoms with E-state index in [4.69, 9.17) is 0 Å². The quantitative estimate of drug-likeness (QED) is 0.821. The van der Waals surface area contributed by atoms with Crippen LogP contribution in [0.15, 0.2) is 60.7 Å². The van der Waals surface area contributed by atoms with Gasteiger partial charge in [-0.15, -0.1) is 0 Å². The van der Waals surface area contributed by atoms with E-state index >= 15 is 0 Å². The molecule has 0 radical (unpaired) electrons. The van der Waals surface area contributed by atoms with Crippen LogP contribution in [-0.2, 0) is 11.2 Å². The highest BCUT2D eigenvalue weighted by atomic mass is 16.4. The Labute approximate surface area is 125 Å². The fraction of sp³-hybridized carbons (Fsp3) is 0.278. The maximum atomic E-state index is 11.4. The van der Waals surface area contributed by atoms with Gasteiger partial charge in [0.2, 0.25) is 0 Å². The van der Waals surface area contributed by atoms with Crippen molar-refractivity contribution in [3.63, 3.8) is 0 Å². The summed E-state index contributed by atoms with van der Waals surface area (Å²) in [7, 11) is 0. The van der Waals surface area contributed by atoms with E-state index in [1.807, 2.05) is 48.5 Å². The first-order valence-corrected chi connectivity index (χ1v) is 7.22. The zero-order chi connectivity index (χ0) is 15.1. The number of hydrogen-bond acceptors (Lipinski definition) is 2. The third kappa shape index (κ3) is 4.72. The minimum Gasteiger partial charge on any atom is -0.480 e. The van der Waals surface area contributed by atoms with Crippen LogP contribution in [0.25, 0.3) is 0 Å². The fourth-order valence-corrected chi connectivity index (χ4v) is 2.32. The van der Waals surface area contributed by atoms with Crippen LogP contribution in [0.5, 0.6) is 0 Å². The normalized spacial score (nSPS) is 13.6. The molecule has 0 aliphatic heterocycles. The van der Waals surface area contributed by atoms with E-state index in [2.05, 4.69) is 24.4 Å². The Kier molecular flexibility index (Phi) is 5.52. The van der Waals surface area contributed by atoms with E-state index in [0.717, 1.165) is 5.56 Å². The maximum Gasteiger partial charge on any atom is 0.321 e. The fourth-order valence-electron chi connectivity index (χ4n) is 2.32. The summed E-state index contributed by atoms with van der Waals surface area (Å²) in [6.07, 6.45) is 0.498. The van der Waals surface area contributed by atoms with Gasteiger partial charge in [0.1, 0.15) is 6.04 Å². The van der Waals surface area contributed by atoms with Gasteiger partial charge in [-0.05, 0) is 23.5 Å². The molecule has 0 aliphatic carbocycles. The minimum atomic E-state index is -0.806. The van der Waals surface area contributed by atoms with Gasteiger partial charge in [-0.2, -0.15) is 0 Å². The van der Waals surface area contributed by atoms with E-state index in [1.54, 1.807) is 0 Å². The Hall–Kier alpha value is -2.13. The van der Waals surface area contributed by atoms with Crippen molar-refractivity contribution in [2.24, 2.45) is 0 Å². The lowest BCUT2D eigenvalue weighted by Gasteiger charge is -2.18. The SMILES string of the molecule is CC(CN[C@@H](Cc1ccccc1)C(=O)O)c1ccccc1. The van der Waals surface area contributed by atoms with Crippen molar-refractivity contribution in [2.75, 3.05) is 6.54 Å². The largest absolute Gasteiger partial charge is 0.480 e. The van der Waals surface area contributed by atoms with Crippen molar-refractivity contribution in [2.45, 2.75) is 25.3 Å². The van der Waals surface area contributed by atoms with E-state index in [0.29, 0.717) is 13.0 Å². The molecule has 2 atom stereocenters. The zero-order valence-corrected chi connectivity index (χ0v) is 12.2. The van der Waals surface area contributed by atoms with Crippen molar-refractivity contribution in [1.82, 2.24) is 5.32 Å². The highest BCUT2D eigenvalue weighted by molar-refractivity contribution is 5.73. The first-order chi connectivity index (χ1) is 10.2. The molecule has 2 aromatic rings. The van der Waals surface area contributed by atoms with E-state index < -0.39 is 12.0 Å². The van der Waals surface area contributed by atoms with Crippen LogP contribution < -0.4 is 5.32 Å². The van der Waals surface area contributed by atoms with Gasteiger partial charge in [0.15, 0.2) is 0 Å². The molecule has 1 unspecified atom stereocenters. The standard InChI is InChI=1S/C18H21NO2/c1-14(16-10-6-3-7-11-16)13-19-17(18(20)21)12-15-8-4-2-5-9-15/h2-11,14,17,19H,12-13H2,1H3,(H,20,21)/t14?,17-/m0/s1. The summed E-state index contributed by atoms with van der Waals surface area (Å²) in [6, 6.07) is 19.3. The van der Waals surface area contributed by atoms with Gasteiger partial charge in [-0.25, -0.2) is 0 Å². The summed E-state index contributed by atoms with van der Waals surface area (Å²) < 4.78 is 0. The van der Waals surface area contributed by atoms with Crippen LogP contribution in [0, 0.1) is 0 Å². The number of nitrogens with one attached hydrogen (secondary N) is 1. The van der Waals surface area contributed by atoms with Crippen LogP contribution in [0.4, 0.5) is 0 Å². The molecule has 0 saturated carbocycles. The smallest absolute Gasteiger partial charge is 0.321 e. The van der Waals surface area contributed by atoms with E-state index in [9.17, 15) is 9.90 Å². The number of hydrogen-bond donors (Lipinski definition) is 2. The number of rotatable bonds is 7. The summed E-state index contributed by atoms with van der Waals surface area (Å²) >= 11 is 0. The van der Waals surface area contributed by atoms with Gasteiger partial charge in [0.25, 0.3) is 0 Å². The van der Waals surface area contributed by atoms with Crippen LogP contribution >= 0.6 is 0 Å². The highest BCUT2D eigenvalue weighted by Gasteiger charge is 2.18. The Morgan fingerprint density at radius 1 is 1.05 bits per heavy atom. The molecule has 2 N–H and O–H groups in total. The molecule has 21 heavy (non-hydrogen) atoms. The van der Waals surface area contributed by atoms with Gasteiger partial charge in [0.05, 0.1) is 0 Å². The van der Waals surface area contributed by atoms with Crippen LogP contribution in [0.2, 0.25) is 0 Å². The molecule has 0 bridgehead atoms. The number of aliphatic carboxylic acids is 1. The zero-order valence-electron chi connectivity index (χ0n) is 12.2. The molecule has 3 nitrogen and oxygen atoms in total. The summed E-state index contributed by atoms with van der Waals surface area (Å²) in [5.74, 6) is -0.525. The number of carbonyl (C=O) groups is 1. The first kappa shape index (κ1) is 15.3. The van der Waals surface area contributed by atoms with Crippen molar-refractivity contribution < 1.29 is 9.90 Å². The second kappa shape index (κ2) is 7.60. The summed E-state index contributed by atoms with van der Waals surface area (Å²) in [5.41, 5.74) is 2.25. The molecular weight excluding hydrogens is 262 g/mol. The second-order valence-electron chi connectivity index (χ2n) is 5.30. The van der Waals surface area contributed by atoms with Crippen molar-refractivity contribution in [1.29, 1.82) is 0 Å². The third-order valence-corrected chi connectivity index (χ3v) is 3.62. The van der Waals surface area contributed by atoms with E-state index in [1.165, 1.54) is 5.56 Å². The Balaban J connectivity index is 1.93. The lowest BCUT2D eigenvalue weighted by atomic mass is 10.00. The predicted molar refractivity (Wildman–Crippen MR) is 84.4 cm³/mol. The summed E-state index contributed by atoms with van der Waals surface area (Å²) in [6.45, 7) is 2.75. The molecule has 0 fully saturated rings. The van der Waals surface area contributed by atoms with Gasteiger partial charge >= 0.3 is 5.97 Å². The molecular formula is C18H21NO2. The van der Waals surface area contributed by atoms with Gasteiger partial charge < -0.3 is 10.4 Å². The Bertz CT molecular complexity index is 554. The average Bonchev–Trinajstić information content (AvgIpc) is 2.52. The molecule has 2 rings (SSSR count). The summed E-state index contributed by atoms with van der Waals surface area (Å²) in [4.78, 5) is 11.4. The van der Waals surface area contributed by atoms with Gasteiger partial charge in [-0.3, -0.25) is 4.79 Å². The molecule has 0 aromatic heterocycles. The molecule has 0 spiro atoms. The predicted octanol–water partition coefficient (Wildman–Crippen LogP) is 3.08. The van der Waals surface area contributed by atoms with Gasteiger partial charge in [0, 0.05) is 6.54 Å². The monoisotopic (exact) mass is 283 g/mol. The molecule has 110 valence electrons. The van der Waals surface area contributed by atoms with Gasteiger partial charge in [-0.1, -0.05) is 67.6 Å². The molecule has 0 aliphatic rings. The van der Waals surface area contributed by atoms with Crippen molar-refractivity contribution in [3.05, 3.63) is 71.8 Å². The first-order valence-electron chi connectivity index (χ1n) is 7.22. The van der Waals surface area contributed by atoms with Crippen LogP contribution in [0.3, 0.4) is 0 Å². The number of carboxylic acids is 1. The van der Waals surface area contributed by atoms with Crippen LogP contribution in [0.1, 0.15) is 24.0 Å². The lowest BCUT2D eigenvalue weighted by Crippen LogP contribution is -2.40. The Morgan fingerprint density at radius 2 is 1.62 bits per heavy atom. The minimum absolute atomic E-state index is 0.281. The molecule has 0 amide bonds.